The third kappa shape index (κ3) is 3.96. The minimum atomic E-state index is -4.68. The third-order valence-corrected chi connectivity index (χ3v) is 3.71. The summed E-state index contributed by atoms with van der Waals surface area (Å²) in [7, 11) is 0. The van der Waals surface area contributed by atoms with Gasteiger partial charge in [0.05, 0.1) is 0 Å². The number of ether oxygens (including phenoxy) is 1. The van der Waals surface area contributed by atoms with Gasteiger partial charge in [0.1, 0.15) is 5.75 Å². The Kier molecular flexibility index (Phi) is 4.56. The van der Waals surface area contributed by atoms with Gasteiger partial charge in [-0.3, -0.25) is 0 Å². The topological polar surface area (TPSA) is 9.23 Å². The highest BCUT2D eigenvalue weighted by Crippen LogP contribution is 2.33. The van der Waals surface area contributed by atoms with E-state index < -0.39 is 6.36 Å². The molecular formula is C20H15F3O. The van der Waals surface area contributed by atoms with Gasteiger partial charge in [0, 0.05) is 5.92 Å². The second-order valence-corrected chi connectivity index (χ2v) is 5.37. The van der Waals surface area contributed by atoms with E-state index >= 15 is 0 Å². The van der Waals surface area contributed by atoms with Crippen molar-refractivity contribution < 1.29 is 17.9 Å². The van der Waals surface area contributed by atoms with Gasteiger partial charge in [-0.2, -0.15) is 0 Å². The van der Waals surface area contributed by atoms with E-state index in [1.165, 1.54) is 12.1 Å². The van der Waals surface area contributed by atoms with Gasteiger partial charge in [-0.15, -0.1) is 13.2 Å². The van der Waals surface area contributed by atoms with Crippen LogP contribution in [0.3, 0.4) is 0 Å². The van der Waals surface area contributed by atoms with E-state index in [0.717, 1.165) is 16.7 Å². The van der Waals surface area contributed by atoms with Gasteiger partial charge in [0.25, 0.3) is 0 Å². The van der Waals surface area contributed by atoms with E-state index in [-0.39, 0.29) is 11.7 Å². The van der Waals surface area contributed by atoms with Crippen LogP contribution in [0, 0.1) is 0 Å². The van der Waals surface area contributed by atoms with Crippen molar-refractivity contribution in [3.63, 3.8) is 0 Å². The zero-order valence-corrected chi connectivity index (χ0v) is 12.7. The molecular weight excluding hydrogens is 313 g/mol. The first kappa shape index (κ1) is 16.1. The summed E-state index contributed by atoms with van der Waals surface area (Å²) in [6.45, 7) is 0. The van der Waals surface area contributed by atoms with E-state index in [2.05, 4.69) is 4.74 Å². The molecule has 0 amide bonds. The van der Waals surface area contributed by atoms with Crippen molar-refractivity contribution in [2.45, 2.75) is 12.3 Å². The molecule has 0 N–H and O–H groups in total. The molecule has 0 saturated heterocycles. The molecule has 3 aromatic rings. The number of hydrogen-bond acceptors (Lipinski definition) is 1. The Morgan fingerprint density at radius 2 is 1.00 bits per heavy atom. The molecule has 4 heteroatoms. The average molecular weight is 328 g/mol. The van der Waals surface area contributed by atoms with Crippen molar-refractivity contribution in [2.75, 3.05) is 0 Å². The third-order valence-electron chi connectivity index (χ3n) is 3.71. The lowest BCUT2D eigenvalue weighted by atomic mass is 9.85. The highest BCUT2D eigenvalue weighted by Gasteiger charge is 2.31. The minimum Gasteiger partial charge on any atom is -0.406 e. The van der Waals surface area contributed by atoms with E-state index in [0.29, 0.717) is 0 Å². The Balaban J connectivity index is 1.98. The molecule has 0 bridgehead atoms. The molecule has 3 aromatic carbocycles. The van der Waals surface area contributed by atoms with Crippen LogP contribution in [0.15, 0.2) is 84.9 Å². The summed E-state index contributed by atoms with van der Waals surface area (Å²) in [4.78, 5) is 0. The fourth-order valence-corrected chi connectivity index (χ4v) is 2.73. The fraction of sp³-hybridized carbons (Fsp3) is 0.100. The molecule has 122 valence electrons. The second kappa shape index (κ2) is 6.79. The zero-order chi connectivity index (χ0) is 17.0. The quantitative estimate of drug-likeness (QED) is 0.553. The number of halogens is 3. The maximum absolute atomic E-state index is 12.3. The van der Waals surface area contributed by atoms with E-state index in [1.54, 1.807) is 12.1 Å². The Hall–Kier alpha value is -2.75. The highest BCUT2D eigenvalue weighted by molar-refractivity contribution is 5.44. The van der Waals surface area contributed by atoms with Gasteiger partial charge >= 0.3 is 6.36 Å². The molecule has 24 heavy (non-hydrogen) atoms. The van der Waals surface area contributed by atoms with Gasteiger partial charge in [-0.1, -0.05) is 72.8 Å². The molecule has 0 fully saturated rings. The SMILES string of the molecule is FC(F)(F)Oc1ccc(C(c2ccccc2)c2ccccc2)cc1. The van der Waals surface area contributed by atoms with Crippen molar-refractivity contribution in [3.05, 3.63) is 102 Å². The molecule has 0 saturated carbocycles. The smallest absolute Gasteiger partial charge is 0.406 e. The first-order valence-electron chi connectivity index (χ1n) is 7.48. The molecule has 0 aromatic heterocycles. The lowest BCUT2D eigenvalue weighted by Gasteiger charge is -2.19. The van der Waals surface area contributed by atoms with E-state index in [1.807, 2.05) is 60.7 Å². The lowest BCUT2D eigenvalue weighted by molar-refractivity contribution is -0.274. The lowest BCUT2D eigenvalue weighted by Crippen LogP contribution is -2.17. The summed E-state index contributed by atoms with van der Waals surface area (Å²) < 4.78 is 40.9. The number of rotatable bonds is 4. The van der Waals surface area contributed by atoms with Crippen molar-refractivity contribution in [3.8, 4) is 5.75 Å². The van der Waals surface area contributed by atoms with Crippen molar-refractivity contribution in [1.29, 1.82) is 0 Å². The van der Waals surface area contributed by atoms with Gasteiger partial charge in [0.15, 0.2) is 0 Å². The first-order valence-corrected chi connectivity index (χ1v) is 7.48. The van der Waals surface area contributed by atoms with E-state index in [4.69, 9.17) is 0 Å². The van der Waals surface area contributed by atoms with E-state index in [9.17, 15) is 13.2 Å². The molecule has 0 aliphatic carbocycles. The summed E-state index contributed by atoms with van der Waals surface area (Å²) >= 11 is 0. The zero-order valence-electron chi connectivity index (χ0n) is 12.7. The standard InChI is InChI=1S/C20H15F3O/c21-20(22,23)24-18-13-11-17(12-14-18)19(15-7-3-1-4-8-15)16-9-5-2-6-10-16/h1-14,19H. The largest absolute Gasteiger partial charge is 0.573 e. The molecule has 1 nitrogen and oxygen atoms in total. The number of hydrogen-bond donors (Lipinski definition) is 0. The van der Waals surface area contributed by atoms with Crippen molar-refractivity contribution >= 4 is 0 Å². The summed E-state index contributed by atoms with van der Waals surface area (Å²) in [6.07, 6.45) is -4.68. The summed E-state index contributed by atoms with van der Waals surface area (Å²) in [5, 5.41) is 0. The first-order chi connectivity index (χ1) is 11.5. The maximum atomic E-state index is 12.3. The molecule has 0 heterocycles. The van der Waals surface area contributed by atoms with Crippen molar-refractivity contribution in [2.24, 2.45) is 0 Å². The Morgan fingerprint density at radius 3 is 1.42 bits per heavy atom. The van der Waals surface area contributed by atoms with Gasteiger partial charge in [-0.25, -0.2) is 0 Å². The van der Waals surface area contributed by atoms with Gasteiger partial charge in [-0.05, 0) is 28.8 Å². The van der Waals surface area contributed by atoms with Crippen LogP contribution in [0.4, 0.5) is 13.2 Å². The van der Waals surface area contributed by atoms with Crippen LogP contribution in [-0.2, 0) is 0 Å². The van der Waals surface area contributed by atoms with Crippen LogP contribution in [0.2, 0.25) is 0 Å². The van der Waals surface area contributed by atoms with Gasteiger partial charge in [0.2, 0.25) is 0 Å². The Labute approximate surface area is 138 Å². The van der Waals surface area contributed by atoms with Gasteiger partial charge < -0.3 is 4.74 Å². The molecule has 3 rings (SSSR count). The predicted molar refractivity (Wildman–Crippen MR) is 87.0 cm³/mol. The van der Waals surface area contributed by atoms with Crippen LogP contribution < -0.4 is 4.74 Å². The van der Waals surface area contributed by atoms with Crippen molar-refractivity contribution in [1.82, 2.24) is 0 Å². The van der Waals surface area contributed by atoms with Crippen LogP contribution in [0.5, 0.6) is 5.75 Å². The normalized spacial score (nSPS) is 11.5. The molecule has 0 aliphatic rings. The average Bonchev–Trinajstić information content (AvgIpc) is 2.57. The fourth-order valence-electron chi connectivity index (χ4n) is 2.73. The summed E-state index contributed by atoms with van der Waals surface area (Å²) in [5.74, 6) is -0.265. The van der Waals surface area contributed by atoms with Crippen LogP contribution in [0.1, 0.15) is 22.6 Å². The predicted octanol–water partition coefficient (Wildman–Crippen LogP) is 5.77. The summed E-state index contributed by atoms with van der Waals surface area (Å²) in [6, 6.07) is 25.8. The highest BCUT2D eigenvalue weighted by atomic mass is 19.4. The monoisotopic (exact) mass is 328 g/mol. The minimum absolute atomic E-state index is 0.0488. The maximum Gasteiger partial charge on any atom is 0.573 e. The van der Waals surface area contributed by atoms with Crippen LogP contribution in [-0.4, -0.2) is 6.36 Å². The molecule has 0 aliphatic heterocycles. The molecule has 0 atom stereocenters. The van der Waals surface area contributed by atoms with Crippen LogP contribution in [0.25, 0.3) is 0 Å². The number of benzene rings is 3. The molecule has 0 unspecified atom stereocenters. The second-order valence-electron chi connectivity index (χ2n) is 5.37. The Bertz CT molecular complexity index is 726. The Morgan fingerprint density at radius 1 is 0.583 bits per heavy atom. The molecule has 0 radical (unpaired) electrons. The number of alkyl halides is 3. The van der Waals surface area contributed by atoms with Crippen LogP contribution >= 0.6 is 0 Å². The summed E-state index contributed by atoms with van der Waals surface area (Å²) in [5.41, 5.74) is 3.06. The molecule has 0 spiro atoms.